The summed E-state index contributed by atoms with van der Waals surface area (Å²) in [5.41, 5.74) is 2.05. The highest BCUT2D eigenvalue weighted by Gasteiger charge is 2.13. The number of aromatic nitrogens is 1. The van der Waals surface area contributed by atoms with Crippen molar-refractivity contribution in [2.24, 2.45) is 4.99 Å². The number of nitrogens with one attached hydrogen (secondary N) is 1. The van der Waals surface area contributed by atoms with Crippen molar-refractivity contribution >= 4 is 41.1 Å². The van der Waals surface area contributed by atoms with Crippen LogP contribution in [0.5, 0.6) is 0 Å². The number of pyridine rings is 1. The maximum absolute atomic E-state index is 6.38. The summed E-state index contributed by atoms with van der Waals surface area (Å²) in [6.07, 6.45) is 7.62. The van der Waals surface area contributed by atoms with Crippen molar-refractivity contribution in [1.29, 1.82) is 0 Å². The van der Waals surface area contributed by atoms with Gasteiger partial charge in [0.1, 0.15) is 11.7 Å². The van der Waals surface area contributed by atoms with Gasteiger partial charge in [-0.05, 0) is 37.1 Å². The Morgan fingerprint density at radius 3 is 2.96 bits per heavy atom. The summed E-state index contributed by atoms with van der Waals surface area (Å²) in [6.45, 7) is 5.88. The molecule has 0 fully saturated rings. The minimum atomic E-state index is 0.709. The lowest BCUT2D eigenvalue weighted by Gasteiger charge is -2.15. The van der Waals surface area contributed by atoms with E-state index in [1.54, 1.807) is 18.0 Å². The number of amidine groups is 1. The average Bonchev–Trinajstić information content (AvgIpc) is 2.58. The Morgan fingerprint density at radius 2 is 2.17 bits per heavy atom. The smallest absolute Gasteiger partial charge is 0.145 e. The Morgan fingerprint density at radius 1 is 1.29 bits per heavy atom. The van der Waals surface area contributed by atoms with E-state index in [9.17, 15) is 0 Å². The lowest BCUT2D eigenvalue weighted by molar-refractivity contribution is 1.01. The van der Waals surface area contributed by atoms with Crippen LogP contribution in [0.1, 0.15) is 25.3 Å². The van der Waals surface area contributed by atoms with Gasteiger partial charge in [-0.1, -0.05) is 54.2 Å². The molecule has 0 atom stereocenters. The van der Waals surface area contributed by atoms with Gasteiger partial charge in [0.05, 0.1) is 9.92 Å². The zero-order chi connectivity index (χ0) is 16.9. The zero-order valence-electron chi connectivity index (χ0n) is 13.4. The molecule has 0 spiro atoms. The second kappa shape index (κ2) is 7.69. The molecule has 1 aromatic heterocycles. The van der Waals surface area contributed by atoms with E-state index in [0.29, 0.717) is 5.02 Å². The third-order valence-electron chi connectivity index (χ3n) is 3.59. The SMILES string of the molecule is C=Cc1cccc(Cl)c1Sc1cccnc1NC1=NC(C)=CCC1. The molecular formula is C19H18ClN3S. The fourth-order valence-corrected chi connectivity index (χ4v) is 3.73. The van der Waals surface area contributed by atoms with Crippen LogP contribution in [0.3, 0.4) is 0 Å². The molecular weight excluding hydrogens is 338 g/mol. The van der Waals surface area contributed by atoms with Gasteiger partial charge in [0, 0.05) is 23.2 Å². The van der Waals surface area contributed by atoms with Gasteiger partial charge in [-0.25, -0.2) is 9.98 Å². The number of allylic oxidation sites excluding steroid dienone is 2. The molecule has 1 N–H and O–H groups in total. The highest BCUT2D eigenvalue weighted by atomic mass is 35.5. The summed E-state index contributed by atoms with van der Waals surface area (Å²) in [4.78, 5) is 11.0. The first-order valence-electron chi connectivity index (χ1n) is 7.72. The van der Waals surface area contributed by atoms with Crippen molar-refractivity contribution < 1.29 is 0 Å². The van der Waals surface area contributed by atoms with E-state index in [2.05, 4.69) is 27.9 Å². The van der Waals surface area contributed by atoms with Crippen molar-refractivity contribution in [3.8, 4) is 0 Å². The number of rotatable bonds is 4. The van der Waals surface area contributed by atoms with Crippen molar-refractivity contribution in [3.05, 3.63) is 65.5 Å². The molecule has 2 aromatic rings. The van der Waals surface area contributed by atoms with Crippen LogP contribution < -0.4 is 5.32 Å². The molecule has 0 unspecified atom stereocenters. The predicted molar refractivity (Wildman–Crippen MR) is 104 cm³/mol. The van der Waals surface area contributed by atoms with Crippen LogP contribution >= 0.6 is 23.4 Å². The molecule has 1 aromatic carbocycles. The molecule has 1 aliphatic rings. The highest BCUT2D eigenvalue weighted by molar-refractivity contribution is 7.99. The van der Waals surface area contributed by atoms with Gasteiger partial charge in [0.2, 0.25) is 0 Å². The highest BCUT2D eigenvalue weighted by Crippen LogP contribution is 2.39. The van der Waals surface area contributed by atoms with E-state index >= 15 is 0 Å². The van der Waals surface area contributed by atoms with Crippen LogP contribution in [0.4, 0.5) is 5.82 Å². The molecule has 2 heterocycles. The van der Waals surface area contributed by atoms with Crippen LogP contribution in [0.15, 0.2) is 69.7 Å². The van der Waals surface area contributed by atoms with E-state index in [0.717, 1.165) is 45.5 Å². The van der Waals surface area contributed by atoms with E-state index < -0.39 is 0 Å². The maximum Gasteiger partial charge on any atom is 0.145 e. The van der Waals surface area contributed by atoms with Gasteiger partial charge in [-0.3, -0.25) is 0 Å². The lowest BCUT2D eigenvalue weighted by Crippen LogP contribution is -2.15. The minimum absolute atomic E-state index is 0.709. The number of aliphatic imine (C=N–C) groups is 1. The van der Waals surface area contributed by atoms with Gasteiger partial charge < -0.3 is 5.32 Å². The van der Waals surface area contributed by atoms with Gasteiger partial charge in [0.25, 0.3) is 0 Å². The Hall–Kier alpha value is -2.04. The fourth-order valence-electron chi connectivity index (χ4n) is 2.43. The molecule has 3 nitrogen and oxygen atoms in total. The topological polar surface area (TPSA) is 37.3 Å². The number of benzene rings is 1. The van der Waals surface area contributed by atoms with Gasteiger partial charge in [-0.2, -0.15) is 0 Å². The lowest BCUT2D eigenvalue weighted by atomic mass is 10.2. The molecule has 0 amide bonds. The summed E-state index contributed by atoms with van der Waals surface area (Å²) in [7, 11) is 0. The van der Waals surface area contributed by atoms with Crippen LogP contribution in [-0.2, 0) is 0 Å². The molecule has 5 heteroatoms. The Balaban J connectivity index is 1.91. The first kappa shape index (κ1) is 16.8. The van der Waals surface area contributed by atoms with E-state index in [4.69, 9.17) is 11.6 Å². The Kier molecular flexibility index (Phi) is 5.38. The number of hydrogen-bond donors (Lipinski definition) is 1. The Labute approximate surface area is 151 Å². The predicted octanol–water partition coefficient (Wildman–Crippen LogP) is 6.04. The van der Waals surface area contributed by atoms with Gasteiger partial charge in [-0.15, -0.1) is 0 Å². The summed E-state index contributed by atoms with van der Waals surface area (Å²) in [6, 6.07) is 9.77. The molecule has 122 valence electrons. The molecule has 0 bridgehead atoms. The third kappa shape index (κ3) is 3.89. The normalized spacial score (nSPS) is 13.9. The summed E-state index contributed by atoms with van der Waals surface area (Å²) >= 11 is 7.96. The molecule has 24 heavy (non-hydrogen) atoms. The van der Waals surface area contributed by atoms with Crippen LogP contribution in [0, 0.1) is 0 Å². The summed E-state index contributed by atoms with van der Waals surface area (Å²) < 4.78 is 0. The van der Waals surface area contributed by atoms with E-state index in [1.165, 1.54) is 0 Å². The molecule has 1 aliphatic heterocycles. The van der Waals surface area contributed by atoms with Crippen LogP contribution in [0.25, 0.3) is 6.08 Å². The molecule has 3 rings (SSSR count). The summed E-state index contributed by atoms with van der Waals surface area (Å²) in [5, 5.41) is 4.07. The first-order valence-corrected chi connectivity index (χ1v) is 8.92. The van der Waals surface area contributed by atoms with Crippen molar-refractivity contribution in [2.75, 3.05) is 5.32 Å². The molecule has 0 radical (unpaired) electrons. The van der Waals surface area contributed by atoms with E-state index in [1.807, 2.05) is 43.3 Å². The van der Waals surface area contributed by atoms with Crippen molar-refractivity contribution in [3.63, 3.8) is 0 Å². The van der Waals surface area contributed by atoms with E-state index in [-0.39, 0.29) is 0 Å². The summed E-state index contributed by atoms with van der Waals surface area (Å²) in [5.74, 6) is 1.74. The standard InChI is InChI=1S/C19H18ClN3S/c1-3-14-8-5-9-15(20)18(14)24-16-10-6-12-21-19(16)23-17-11-4-7-13(2)22-17/h3,5-10,12H,1,4,11H2,2H3,(H,21,22,23). The minimum Gasteiger partial charge on any atom is -0.328 e. The van der Waals surface area contributed by atoms with Crippen LogP contribution in [0.2, 0.25) is 5.02 Å². The second-order valence-electron chi connectivity index (χ2n) is 5.38. The first-order chi connectivity index (χ1) is 11.7. The van der Waals surface area contributed by atoms with Gasteiger partial charge in [0.15, 0.2) is 0 Å². The molecule has 0 aliphatic carbocycles. The number of nitrogens with zero attached hydrogens (tertiary/aromatic N) is 2. The third-order valence-corrected chi connectivity index (χ3v) is 5.23. The molecule has 0 saturated heterocycles. The molecule has 0 saturated carbocycles. The second-order valence-corrected chi connectivity index (χ2v) is 6.84. The number of halogens is 1. The monoisotopic (exact) mass is 355 g/mol. The Bertz CT molecular complexity index is 827. The van der Waals surface area contributed by atoms with Crippen molar-refractivity contribution in [2.45, 2.75) is 29.6 Å². The maximum atomic E-state index is 6.38. The van der Waals surface area contributed by atoms with Gasteiger partial charge >= 0.3 is 0 Å². The quantitative estimate of drug-likeness (QED) is 0.726. The number of anilines is 1. The average molecular weight is 356 g/mol. The largest absolute Gasteiger partial charge is 0.328 e. The number of hydrogen-bond acceptors (Lipinski definition) is 4. The zero-order valence-corrected chi connectivity index (χ0v) is 15.0. The van der Waals surface area contributed by atoms with Crippen LogP contribution in [-0.4, -0.2) is 10.8 Å². The van der Waals surface area contributed by atoms with Crippen molar-refractivity contribution in [1.82, 2.24) is 4.98 Å². The fraction of sp³-hybridized carbons (Fsp3) is 0.158.